The molecule has 0 spiro atoms. The largest absolute Gasteiger partial charge is 0.487 e. The molecular formula is C37H39Br4N3O11S2. The van der Waals surface area contributed by atoms with Gasteiger partial charge in [0, 0.05) is 16.9 Å². The van der Waals surface area contributed by atoms with Gasteiger partial charge in [-0.05, 0) is 160 Å². The third-order valence-corrected chi connectivity index (χ3v) is 10.9. The number of anilines is 2. The first-order chi connectivity index (χ1) is 26.4. The number of ether oxygens (including phenoxy) is 2. The van der Waals surface area contributed by atoms with Crippen molar-refractivity contribution in [3.63, 3.8) is 0 Å². The lowest BCUT2D eigenvalue weighted by Crippen LogP contribution is -2.29. The van der Waals surface area contributed by atoms with Gasteiger partial charge in [-0.25, -0.2) is 16.8 Å². The number of hydrogen-bond donors (Lipinski definition) is 5. The molecule has 1 atom stereocenters. The Morgan fingerprint density at radius 3 is 1.42 bits per heavy atom. The molecule has 0 aliphatic rings. The minimum Gasteiger partial charge on any atom is -0.487 e. The molecule has 4 aromatic carbocycles. The SMILES string of the molecule is Cc1cc(COc2c(Br)cc(C(=O)NCC(=O)O)cc2Br)cc(NS(C)(=O)=O)c1.Cc1cc(COc2c(Br)cc(C(C)CC(=O)O)cc2Br)cc(NS(C)(=O)=O)c1. The molecule has 0 saturated heterocycles. The Bertz CT molecular complexity index is 2330. The number of aryl methyl sites for hydroxylation is 2. The van der Waals surface area contributed by atoms with E-state index in [1.165, 1.54) is 12.1 Å². The maximum atomic E-state index is 12.0. The second kappa shape index (κ2) is 20.8. The molecule has 0 radical (unpaired) electrons. The van der Waals surface area contributed by atoms with Crippen molar-refractivity contribution in [1.82, 2.24) is 5.32 Å². The summed E-state index contributed by atoms with van der Waals surface area (Å²) in [5.74, 6) is -1.63. The summed E-state index contributed by atoms with van der Waals surface area (Å²) < 4.78 is 64.8. The van der Waals surface area contributed by atoms with Gasteiger partial charge in [-0.15, -0.1) is 0 Å². The normalized spacial score (nSPS) is 11.7. The molecule has 4 rings (SSSR count). The molecule has 4 aromatic rings. The number of carboxylic acids is 2. The number of amides is 1. The van der Waals surface area contributed by atoms with Crippen LogP contribution >= 0.6 is 63.7 Å². The average Bonchev–Trinajstić information content (AvgIpc) is 3.04. The summed E-state index contributed by atoms with van der Waals surface area (Å²) in [5.41, 5.74) is 5.39. The lowest BCUT2D eigenvalue weighted by molar-refractivity contribution is -0.137. The van der Waals surface area contributed by atoms with Crippen molar-refractivity contribution in [3.05, 3.63) is 112 Å². The molecule has 57 heavy (non-hydrogen) atoms. The maximum absolute atomic E-state index is 12.0. The smallest absolute Gasteiger partial charge is 0.322 e. The van der Waals surface area contributed by atoms with E-state index in [9.17, 15) is 31.2 Å². The molecule has 0 aromatic heterocycles. The number of rotatable bonds is 16. The number of hydrogen-bond acceptors (Lipinski definition) is 9. The van der Waals surface area contributed by atoms with E-state index < -0.39 is 44.4 Å². The van der Waals surface area contributed by atoms with Crippen LogP contribution in [0.4, 0.5) is 11.4 Å². The number of aliphatic carboxylic acids is 2. The van der Waals surface area contributed by atoms with Crippen molar-refractivity contribution in [3.8, 4) is 11.5 Å². The quantitative estimate of drug-likeness (QED) is 0.0719. The summed E-state index contributed by atoms with van der Waals surface area (Å²) in [4.78, 5) is 33.5. The van der Waals surface area contributed by atoms with E-state index in [0.717, 1.165) is 40.3 Å². The van der Waals surface area contributed by atoms with E-state index in [1.807, 2.05) is 45.0 Å². The van der Waals surface area contributed by atoms with E-state index in [1.54, 1.807) is 24.3 Å². The van der Waals surface area contributed by atoms with Crippen molar-refractivity contribution in [2.24, 2.45) is 0 Å². The van der Waals surface area contributed by atoms with Crippen LogP contribution < -0.4 is 24.2 Å². The van der Waals surface area contributed by atoms with Crippen molar-refractivity contribution in [2.75, 3.05) is 28.5 Å². The van der Waals surface area contributed by atoms with Gasteiger partial charge in [-0.2, -0.15) is 0 Å². The molecule has 0 saturated carbocycles. The van der Waals surface area contributed by atoms with Gasteiger partial charge in [-0.3, -0.25) is 23.8 Å². The first kappa shape index (κ1) is 47.7. The number of sulfonamides is 2. The Labute approximate surface area is 364 Å². The zero-order valence-electron chi connectivity index (χ0n) is 31.1. The molecule has 5 N–H and O–H groups in total. The van der Waals surface area contributed by atoms with Crippen LogP contribution in [0.2, 0.25) is 0 Å². The average molecular weight is 1090 g/mol. The van der Waals surface area contributed by atoms with Gasteiger partial charge in [0.05, 0.1) is 36.8 Å². The Morgan fingerprint density at radius 1 is 0.649 bits per heavy atom. The minimum atomic E-state index is -3.39. The molecule has 0 aliphatic carbocycles. The molecule has 20 heteroatoms. The Balaban J connectivity index is 0.000000306. The van der Waals surface area contributed by atoms with Crippen LogP contribution in [0.3, 0.4) is 0 Å². The fraction of sp³-hybridized carbons (Fsp3) is 0.270. The van der Waals surface area contributed by atoms with Crippen molar-refractivity contribution >= 4 is 113 Å². The summed E-state index contributed by atoms with van der Waals surface area (Å²) in [7, 11) is -6.76. The number of carbonyl (C=O) groups is 3. The molecular weight excluding hydrogens is 1050 g/mol. The fourth-order valence-electron chi connectivity index (χ4n) is 5.22. The van der Waals surface area contributed by atoms with Crippen LogP contribution in [0, 0.1) is 13.8 Å². The Morgan fingerprint density at radius 2 is 1.05 bits per heavy atom. The Hall–Kier alpha value is -3.69. The first-order valence-electron chi connectivity index (χ1n) is 16.5. The van der Waals surface area contributed by atoms with Crippen molar-refractivity contribution < 1.29 is 50.9 Å². The Kier molecular flexibility index (Phi) is 17.4. The van der Waals surface area contributed by atoms with Gasteiger partial charge in [-0.1, -0.05) is 19.1 Å². The predicted octanol–water partition coefficient (Wildman–Crippen LogP) is 8.33. The zero-order valence-corrected chi connectivity index (χ0v) is 39.1. The molecule has 0 fully saturated rings. The van der Waals surface area contributed by atoms with Crippen LogP contribution in [-0.4, -0.2) is 64.0 Å². The highest BCUT2D eigenvalue weighted by Crippen LogP contribution is 2.38. The zero-order chi connectivity index (χ0) is 42.8. The summed E-state index contributed by atoms with van der Waals surface area (Å²) in [6.07, 6.45) is 2.22. The minimum absolute atomic E-state index is 0.0402. The van der Waals surface area contributed by atoms with Gasteiger partial charge in [0.2, 0.25) is 20.0 Å². The van der Waals surface area contributed by atoms with Crippen LogP contribution in [0.25, 0.3) is 0 Å². The van der Waals surface area contributed by atoms with Gasteiger partial charge in [0.25, 0.3) is 5.91 Å². The predicted molar refractivity (Wildman–Crippen MR) is 232 cm³/mol. The third-order valence-electron chi connectivity index (χ3n) is 7.38. The molecule has 0 heterocycles. The lowest BCUT2D eigenvalue weighted by Gasteiger charge is -2.16. The number of nitrogens with one attached hydrogen (secondary N) is 3. The maximum Gasteiger partial charge on any atom is 0.322 e. The van der Waals surface area contributed by atoms with Gasteiger partial charge in [0.1, 0.15) is 31.3 Å². The second-order valence-electron chi connectivity index (χ2n) is 12.9. The third kappa shape index (κ3) is 16.6. The standard InChI is InChI=1S/C19H21Br2NO5S.C18H18Br2N2O6S/c1-11-4-13(7-15(5-11)22-28(3,25)26)10-27-19-16(20)8-14(9-17(19)21)12(2)6-18(23)24;1-10-3-11(5-13(4-10)22-29(2,26)27)9-28-17-14(19)6-12(7-15(17)20)18(25)21-8-16(23)24/h4-5,7-9,12,22H,6,10H2,1-3H3,(H,23,24);3-7,22H,8-9H2,1-2H3,(H,21,25)(H,23,24). The lowest BCUT2D eigenvalue weighted by atomic mass is 9.98. The molecule has 1 amide bonds. The van der Waals surface area contributed by atoms with Crippen LogP contribution in [0.15, 0.2) is 78.6 Å². The van der Waals surface area contributed by atoms with Crippen molar-refractivity contribution in [1.29, 1.82) is 0 Å². The van der Waals surface area contributed by atoms with Crippen LogP contribution in [-0.2, 0) is 42.8 Å². The monoisotopic (exact) mass is 1080 g/mol. The van der Waals surface area contributed by atoms with Gasteiger partial charge in [0.15, 0.2) is 0 Å². The topological polar surface area (TPSA) is 214 Å². The van der Waals surface area contributed by atoms with Gasteiger partial charge >= 0.3 is 11.9 Å². The van der Waals surface area contributed by atoms with E-state index >= 15 is 0 Å². The van der Waals surface area contributed by atoms with E-state index in [2.05, 4.69) is 78.5 Å². The number of carboxylic acid groups (broad SMARTS) is 2. The molecule has 308 valence electrons. The van der Waals surface area contributed by atoms with E-state index in [-0.39, 0.29) is 31.1 Å². The van der Waals surface area contributed by atoms with E-state index in [4.69, 9.17) is 19.7 Å². The highest BCUT2D eigenvalue weighted by Gasteiger charge is 2.17. The summed E-state index contributed by atoms with van der Waals surface area (Å²) in [6.45, 7) is 5.48. The summed E-state index contributed by atoms with van der Waals surface area (Å²) in [5, 5.41) is 19.9. The summed E-state index contributed by atoms with van der Waals surface area (Å²) >= 11 is 13.7. The highest BCUT2D eigenvalue weighted by atomic mass is 79.9. The molecule has 0 aliphatic heterocycles. The first-order valence-corrected chi connectivity index (χ1v) is 23.5. The molecule has 14 nitrogen and oxygen atoms in total. The molecule has 0 bridgehead atoms. The van der Waals surface area contributed by atoms with E-state index in [0.29, 0.717) is 40.8 Å². The van der Waals surface area contributed by atoms with Gasteiger partial charge < -0.3 is 25.0 Å². The number of carbonyl (C=O) groups excluding carboxylic acids is 1. The second-order valence-corrected chi connectivity index (χ2v) is 19.8. The highest BCUT2D eigenvalue weighted by molar-refractivity contribution is 9.11. The summed E-state index contributed by atoms with van der Waals surface area (Å²) in [6, 6.07) is 17.4. The fourth-order valence-corrected chi connectivity index (χ4v) is 9.18. The number of benzene rings is 4. The molecule has 1 unspecified atom stereocenters. The van der Waals surface area contributed by atoms with Crippen LogP contribution in [0.5, 0.6) is 11.5 Å². The number of halogens is 4. The van der Waals surface area contributed by atoms with Crippen molar-refractivity contribution in [2.45, 2.75) is 46.3 Å². The van der Waals surface area contributed by atoms with Crippen LogP contribution in [0.1, 0.15) is 57.4 Å².